The Morgan fingerprint density at radius 1 is 1.00 bits per heavy atom. The van der Waals surface area contributed by atoms with Crippen LogP contribution in [0.2, 0.25) is 10.0 Å². The smallest absolute Gasteiger partial charge is 0.269 e. The summed E-state index contributed by atoms with van der Waals surface area (Å²) in [6.45, 7) is 0.445. The van der Waals surface area contributed by atoms with E-state index in [0.29, 0.717) is 34.5 Å². The largest absolute Gasteiger partial charge is 0.350 e. The molecule has 0 unspecified atom stereocenters. The van der Waals surface area contributed by atoms with E-state index in [1.54, 1.807) is 42.5 Å². The molecule has 0 aliphatic rings. The number of benzene rings is 2. The third-order valence-electron chi connectivity index (χ3n) is 3.94. The molecule has 3 aromatic rings. The molecule has 0 spiro atoms. The van der Waals surface area contributed by atoms with Crippen LogP contribution in [0.5, 0.6) is 0 Å². The minimum absolute atomic E-state index is 0.246. The number of hydrogen-bond acceptors (Lipinski definition) is 3. The molecule has 1 amide bonds. The van der Waals surface area contributed by atoms with Gasteiger partial charge in [0.15, 0.2) is 0 Å². The molecule has 0 aliphatic heterocycles. The fraction of sp³-hybridized carbons (Fsp3) is 0.143. The van der Waals surface area contributed by atoms with E-state index in [0.717, 1.165) is 16.2 Å². The summed E-state index contributed by atoms with van der Waals surface area (Å²) < 4.78 is 12.9. The number of nitrogens with one attached hydrogen (secondary N) is 1. The van der Waals surface area contributed by atoms with Crippen LogP contribution in [0, 0.1) is 5.82 Å². The van der Waals surface area contributed by atoms with Gasteiger partial charge in [-0.2, -0.15) is 0 Å². The van der Waals surface area contributed by atoms with Crippen LogP contribution in [0.25, 0.3) is 0 Å². The number of nitrogens with zero attached hydrogens (tertiary/aromatic N) is 1. The number of pyridine rings is 1. The molecule has 0 atom stereocenters. The van der Waals surface area contributed by atoms with Crippen LogP contribution in [0.3, 0.4) is 0 Å². The van der Waals surface area contributed by atoms with Gasteiger partial charge in [-0.3, -0.25) is 4.79 Å². The highest BCUT2D eigenvalue weighted by Gasteiger charge is 2.10. The Morgan fingerprint density at radius 2 is 1.68 bits per heavy atom. The fourth-order valence-corrected chi connectivity index (χ4v) is 4.10. The van der Waals surface area contributed by atoms with E-state index in [4.69, 9.17) is 23.2 Å². The summed E-state index contributed by atoms with van der Waals surface area (Å²) in [7, 11) is 0. The van der Waals surface area contributed by atoms with Gasteiger partial charge in [0.2, 0.25) is 0 Å². The molecular formula is C21H17Cl2FN2OS. The van der Waals surface area contributed by atoms with E-state index < -0.39 is 0 Å². The van der Waals surface area contributed by atoms with Crippen LogP contribution in [-0.2, 0) is 12.2 Å². The lowest BCUT2D eigenvalue weighted by Gasteiger charge is -2.08. The van der Waals surface area contributed by atoms with Gasteiger partial charge in [-0.1, -0.05) is 47.5 Å². The Hall–Kier alpha value is -2.08. The van der Waals surface area contributed by atoms with E-state index in [1.165, 1.54) is 23.9 Å². The summed E-state index contributed by atoms with van der Waals surface area (Å²) in [5.74, 6) is 0.0228. The summed E-state index contributed by atoms with van der Waals surface area (Å²) in [6, 6.07) is 16.9. The van der Waals surface area contributed by atoms with Gasteiger partial charge < -0.3 is 5.32 Å². The van der Waals surface area contributed by atoms with Crippen LogP contribution in [0.15, 0.2) is 65.6 Å². The normalized spacial score (nSPS) is 10.7. The molecule has 0 saturated carbocycles. The standard InChI is InChI=1S/C21H17Cl2FN2OS/c22-17-4-2-5-18(23)20(17)28-13-16-3-1-6-19(26-16)21(27)25-12-11-14-7-9-15(24)10-8-14/h1-10H,11-13H2,(H,25,27). The predicted octanol–water partition coefficient (Wildman–Crippen LogP) is 5.79. The molecule has 0 aliphatic carbocycles. The third-order valence-corrected chi connectivity index (χ3v) is 5.96. The number of carbonyl (C=O) groups is 1. The Bertz CT molecular complexity index is 947. The van der Waals surface area contributed by atoms with Gasteiger partial charge in [0, 0.05) is 17.2 Å². The first kappa shape index (κ1) is 20.6. The zero-order chi connectivity index (χ0) is 19.9. The molecule has 2 aromatic carbocycles. The van der Waals surface area contributed by atoms with Gasteiger partial charge in [-0.15, -0.1) is 11.8 Å². The van der Waals surface area contributed by atoms with Crippen molar-refractivity contribution in [3.63, 3.8) is 0 Å². The van der Waals surface area contributed by atoms with Crippen LogP contribution >= 0.6 is 35.0 Å². The average molecular weight is 435 g/mol. The van der Waals surface area contributed by atoms with Crippen molar-refractivity contribution in [1.82, 2.24) is 10.3 Å². The average Bonchev–Trinajstić information content (AvgIpc) is 2.69. The molecule has 3 rings (SSSR count). The van der Waals surface area contributed by atoms with Crippen LogP contribution in [0.1, 0.15) is 21.7 Å². The second-order valence-electron chi connectivity index (χ2n) is 5.99. The van der Waals surface area contributed by atoms with Crippen molar-refractivity contribution in [3.8, 4) is 0 Å². The molecule has 1 heterocycles. The van der Waals surface area contributed by atoms with E-state index in [9.17, 15) is 9.18 Å². The van der Waals surface area contributed by atoms with Gasteiger partial charge in [0.1, 0.15) is 11.5 Å². The molecule has 144 valence electrons. The fourth-order valence-electron chi connectivity index (χ4n) is 2.51. The Labute approximate surface area is 177 Å². The number of rotatable bonds is 7. The molecule has 7 heteroatoms. The maximum atomic E-state index is 12.9. The molecule has 0 fully saturated rings. The number of aromatic nitrogens is 1. The van der Waals surface area contributed by atoms with Gasteiger partial charge >= 0.3 is 0 Å². The van der Waals surface area contributed by atoms with Crippen molar-refractivity contribution < 1.29 is 9.18 Å². The highest BCUT2D eigenvalue weighted by atomic mass is 35.5. The maximum absolute atomic E-state index is 12.9. The Morgan fingerprint density at radius 3 is 2.39 bits per heavy atom. The minimum atomic E-state index is -0.273. The topological polar surface area (TPSA) is 42.0 Å². The predicted molar refractivity (Wildman–Crippen MR) is 113 cm³/mol. The lowest BCUT2D eigenvalue weighted by molar-refractivity contribution is 0.0949. The number of carbonyl (C=O) groups excluding carboxylic acids is 1. The first-order valence-electron chi connectivity index (χ1n) is 8.58. The Balaban J connectivity index is 1.56. The summed E-state index contributed by atoms with van der Waals surface area (Å²) in [5.41, 5.74) is 2.06. The number of hydrogen-bond donors (Lipinski definition) is 1. The molecule has 28 heavy (non-hydrogen) atoms. The van der Waals surface area contributed by atoms with E-state index in [2.05, 4.69) is 10.3 Å². The van der Waals surface area contributed by atoms with Gasteiger partial charge in [-0.05, 0) is 48.4 Å². The van der Waals surface area contributed by atoms with Gasteiger partial charge in [-0.25, -0.2) is 9.37 Å². The second-order valence-corrected chi connectivity index (χ2v) is 7.79. The molecule has 0 bridgehead atoms. The van der Waals surface area contributed by atoms with Crippen molar-refractivity contribution in [3.05, 3.63) is 93.5 Å². The summed E-state index contributed by atoms with van der Waals surface area (Å²) in [5, 5.41) is 4.02. The maximum Gasteiger partial charge on any atom is 0.269 e. The zero-order valence-electron chi connectivity index (χ0n) is 14.8. The SMILES string of the molecule is O=C(NCCc1ccc(F)cc1)c1cccc(CSc2c(Cl)cccc2Cl)n1. The van der Waals surface area contributed by atoms with E-state index in [1.807, 2.05) is 6.07 Å². The number of amides is 1. The molecule has 0 radical (unpaired) electrons. The van der Waals surface area contributed by atoms with Crippen molar-refractivity contribution in [2.45, 2.75) is 17.1 Å². The lowest BCUT2D eigenvalue weighted by Crippen LogP contribution is -2.26. The first-order chi connectivity index (χ1) is 13.5. The van der Waals surface area contributed by atoms with Crippen molar-refractivity contribution in [1.29, 1.82) is 0 Å². The van der Waals surface area contributed by atoms with Crippen LogP contribution in [0.4, 0.5) is 4.39 Å². The number of halogens is 3. The second kappa shape index (κ2) is 9.92. The van der Waals surface area contributed by atoms with Crippen molar-refractivity contribution in [2.75, 3.05) is 6.54 Å². The molecule has 0 saturated heterocycles. The third kappa shape index (κ3) is 5.71. The highest BCUT2D eigenvalue weighted by molar-refractivity contribution is 7.98. The molecule has 3 nitrogen and oxygen atoms in total. The lowest BCUT2D eigenvalue weighted by atomic mass is 10.1. The van der Waals surface area contributed by atoms with Crippen LogP contribution in [-0.4, -0.2) is 17.4 Å². The quantitative estimate of drug-likeness (QED) is 0.478. The Kier molecular flexibility index (Phi) is 7.31. The van der Waals surface area contributed by atoms with Gasteiger partial charge in [0.25, 0.3) is 5.91 Å². The number of thioether (sulfide) groups is 1. The van der Waals surface area contributed by atoms with E-state index in [-0.39, 0.29) is 11.7 Å². The summed E-state index contributed by atoms with van der Waals surface area (Å²) >= 11 is 13.8. The highest BCUT2D eigenvalue weighted by Crippen LogP contribution is 2.35. The molecule has 1 N–H and O–H groups in total. The minimum Gasteiger partial charge on any atom is -0.350 e. The van der Waals surface area contributed by atoms with Crippen molar-refractivity contribution >= 4 is 40.9 Å². The molecular weight excluding hydrogens is 418 g/mol. The van der Waals surface area contributed by atoms with E-state index >= 15 is 0 Å². The summed E-state index contributed by atoms with van der Waals surface area (Å²) in [6.07, 6.45) is 0.618. The summed E-state index contributed by atoms with van der Waals surface area (Å²) in [4.78, 5) is 17.6. The monoisotopic (exact) mass is 434 g/mol. The van der Waals surface area contributed by atoms with Crippen molar-refractivity contribution in [2.24, 2.45) is 0 Å². The molecule has 1 aromatic heterocycles. The first-order valence-corrected chi connectivity index (χ1v) is 10.3. The zero-order valence-corrected chi connectivity index (χ0v) is 17.1. The van der Waals surface area contributed by atoms with Gasteiger partial charge in [0.05, 0.1) is 15.7 Å². The van der Waals surface area contributed by atoms with Crippen LogP contribution < -0.4 is 5.32 Å².